The molecule has 9 heteroatoms. The quantitative estimate of drug-likeness (QED) is 0.286. The molecule has 1 aliphatic carbocycles. The average molecular weight is 622 g/mol. The first-order valence-electron chi connectivity index (χ1n) is 12.3. The van der Waals surface area contributed by atoms with Crippen LogP contribution in [0, 0.1) is 9.49 Å². The summed E-state index contributed by atoms with van der Waals surface area (Å²) in [6.07, 6.45) is 6.44. The minimum atomic E-state index is -0.554. The van der Waals surface area contributed by atoms with Crippen LogP contribution in [0.4, 0.5) is 5.69 Å². The molecule has 2 amide bonds. The van der Waals surface area contributed by atoms with E-state index in [1.165, 1.54) is 6.42 Å². The zero-order valence-corrected chi connectivity index (χ0v) is 23.5. The van der Waals surface area contributed by atoms with Gasteiger partial charge in [-0.3, -0.25) is 9.59 Å². The maximum atomic E-state index is 13.8. The number of nitrogens with two attached hydrogens (primary N) is 1. The van der Waals surface area contributed by atoms with Crippen LogP contribution < -0.4 is 20.5 Å². The molecule has 192 valence electrons. The molecular weight excluding hydrogens is 589 g/mol. The second-order valence-corrected chi connectivity index (χ2v) is 11.3. The standard InChI is InChI=1S/C27H32IN3O4S/c1-3-34-22-14-18(13-20(28)25(22)35-16-24(29)32)15-23-26(33)31(21-12-8-7-9-17(21)2)27(36-23)30-19-10-5-4-6-11-19/h4-6,10-11,13-15,17,21,27,30H,3,7-9,12,16H2,1-2H3,(H2,29,32)/b23-15-/t17-,21+,27?/m0/s1. The first-order valence-corrected chi connectivity index (χ1v) is 14.2. The molecule has 1 heterocycles. The van der Waals surface area contributed by atoms with Crippen LogP contribution in [0.5, 0.6) is 11.5 Å². The molecule has 7 nitrogen and oxygen atoms in total. The number of thioether (sulfide) groups is 1. The van der Waals surface area contributed by atoms with Crippen LogP contribution in [0.2, 0.25) is 0 Å². The molecule has 2 fully saturated rings. The van der Waals surface area contributed by atoms with Crippen LogP contribution >= 0.6 is 34.4 Å². The summed E-state index contributed by atoms with van der Waals surface area (Å²) in [7, 11) is 0. The van der Waals surface area contributed by atoms with Gasteiger partial charge in [0.2, 0.25) is 0 Å². The summed E-state index contributed by atoms with van der Waals surface area (Å²) in [6.45, 7) is 4.35. The van der Waals surface area contributed by atoms with Gasteiger partial charge in [-0.15, -0.1) is 0 Å². The highest BCUT2D eigenvalue weighted by Gasteiger charge is 2.42. The van der Waals surface area contributed by atoms with Crippen LogP contribution in [-0.2, 0) is 9.59 Å². The van der Waals surface area contributed by atoms with E-state index in [2.05, 4.69) is 34.8 Å². The fourth-order valence-corrected chi connectivity index (χ4v) is 6.73. The van der Waals surface area contributed by atoms with Gasteiger partial charge in [0.15, 0.2) is 23.6 Å². The van der Waals surface area contributed by atoms with Crippen LogP contribution in [0.25, 0.3) is 6.08 Å². The lowest BCUT2D eigenvalue weighted by molar-refractivity contribution is -0.129. The van der Waals surface area contributed by atoms with Crippen molar-refractivity contribution in [1.29, 1.82) is 0 Å². The van der Waals surface area contributed by atoms with Crippen molar-refractivity contribution in [3.05, 3.63) is 56.5 Å². The third kappa shape index (κ3) is 6.29. The van der Waals surface area contributed by atoms with Crippen molar-refractivity contribution < 1.29 is 19.1 Å². The number of nitrogens with one attached hydrogen (secondary N) is 1. The molecule has 4 rings (SSSR count). The highest BCUT2D eigenvalue weighted by molar-refractivity contribution is 14.1. The molecule has 36 heavy (non-hydrogen) atoms. The van der Waals surface area contributed by atoms with Gasteiger partial charge in [0.05, 0.1) is 15.1 Å². The van der Waals surface area contributed by atoms with Gasteiger partial charge in [0.25, 0.3) is 11.8 Å². The van der Waals surface area contributed by atoms with Crippen molar-refractivity contribution in [2.24, 2.45) is 11.7 Å². The average Bonchev–Trinajstić information content (AvgIpc) is 3.13. The highest BCUT2D eigenvalue weighted by Crippen LogP contribution is 2.43. The van der Waals surface area contributed by atoms with Gasteiger partial charge in [-0.1, -0.05) is 49.7 Å². The molecular formula is C27H32IN3O4S. The lowest BCUT2D eigenvalue weighted by atomic mass is 9.85. The molecule has 0 spiro atoms. The number of para-hydroxylation sites is 1. The number of rotatable bonds is 9. The number of carbonyl (C=O) groups is 2. The molecule has 1 saturated carbocycles. The Labute approximate surface area is 230 Å². The number of halogens is 1. The summed E-state index contributed by atoms with van der Waals surface area (Å²) < 4.78 is 12.2. The van der Waals surface area contributed by atoms with E-state index in [1.54, 1.807) is 11.8 Å². The SMILES string of the molecule is CCOc1cc(/C=C2\SC(Nc3ccccc3)N([C@@H]3CCCC[C@@H]3C)C2=O)cc(I)c1OCC(N)=O. The van der Waals surface area contributed by atoms with Gasteiger partial charge in [0.1, 0.15) is 0 Å². The Morgan fingerprint density at radius 3 is 2.67 bits per heavy atom. The van der Waals surface area contributed by atoms with E-state index in [9.17, 15) is 9.59 Å². The summed E-state index contributed by atoms with van der Waals surface area (Å²) in [5.41, 5.74) is 6.90. The van der Waals surface area contributed by atoms with Gasteiger partial charge in [-0.05, 0) is 84.2 Å². The van der Waals surface area contributed by atoms with E-state index < -0.39 is 5.91 Å². The predicted octanol–water partition coefficient (Wildman–Crippen LogP) is 5.44. The first kappa shape index (κ1) is 26.7. The molecule has 1 aliphatic heterocycles. The van der Waals surface area contributed by atoms with E-state index in [1.807, 2.05) is 60.4 Å². The maximum Gasteiger partial charge on any atom is 0.262 e. The third-order valence-electron chi connectivity index (χ3n) is 6.41. The second kappa shape index (κ2) is 12.2. The molecule has 0 bridgehead atoms. The smallest absolute Gasteiger partial charge is 0.262 e. The number of nitrogens with zero attached hydrogens (tertiary/aromatic N) is 1. The summed E-state index contributed by atoms with van der Waals surface area (Å²) in [6, 6.07) is 14.0. The number of hydrogen-bond acceptors (Lipinski definition) is 6. The third-order valence-corrected chi connectivity index (χ3v) is 8.33. The van der Waals surface area contributed by atoms with Gasteiger partial charge in [-0.25, -0.2) is 0 Å². The van der Waals surface area contributed by atoms with Crippen LogP contribution in [0.15, 0.2) is 47.4 Å². The fourth-order valence-electron chi connectivity index (χ4n) is 4.74. The van der Waals surface area contributed by atoms with E-state index >= 15 is 0 Å². The van der Waals surface area contributed by atoms with E-state index in [4.69, 9.17) is 15.2 Å². The van der Waals surface area contributed by atoms with Gasteiger partial charge in [0, 0.05) is 11.7 Å². The minimum Gasteiger partial charge on any atom is -0.490 e. The summed E-state index contributed by atoms with van der Waals surface area (Å²) >= 11 is 3.70. The maximum absolute atomic E-state index is 13.8. The number of carbonyl (C=O) groups excluding carboxylic acids is 2. The fraction of sp³-hybridized carbons (Fsp3) is 0.407. The molecule has 2 aromatic carbocycles. The Morgan fingerprint density at radius 1 is 1.22 bits per heavy atom. The highest BCUT2D eigenvalue weighted by atomic mass is 127. The van der Waals surface area contributed by atoms with Gasteiger partial charge < -0.3 is 25.4 Å². The Balaban J connectivity index is 1.66. The number of anilines is 1. The zero-order chi connectivity index (χ0) is 25.7. The Morgan fingerprint density at radius 2 is 1.97 bits per heavy atom. The van der Waals surface area contributed by atoms with E-state index in [0.29, 0.717) is 28.9 Å². The molecule has 0 radical (unpaired) electrons. The molecule has 3 atom stereocenters. The van der Waals surface area contributed by atoms with Crippen LogP contribution in [-0.4, -0.2) is 41.5 Å². The van der Waals surface area contributed by atoms with Gasteiger partial charge in [-0.2, -0.15) is 0 Å². The monoisotopic (exact) mass is 621 g/mol. The molecule has 2 aliphatic rings. The molecule has 3 N–H and O–H groups in total. The van der Waals surface area contributed by atoms with Crippen LogP contribution in [0.1, 0.15) is 45.1 Å². The summed E-state index contributed by atoms with van der Waals surface area (Å²) in [5, 5.41) is 3.57. The van der Waals surface area contributed by atoms with Crippen molar-refractivity contribution in [3.8, 4) is 11.5 Å². The molecule has 2 aromatic rings. The van der Waals surface area contributed by atoms with Crippen molar-refractivity contribution in [2.75, 3.05) is 18.5 Å². The number of amides is 2. The predicted molar refractivity (Wildman–Crippen MR) is 153 cm³/mol. The van der Waals surface area contributed by atoms with E-state index in [0.717, 1.165) is 34.1 Å². The van der Waals surface area contributed by atoms with Crippen molar-refractivity contribution >= 4 is 57.9 Å². The Bertz CT molecular complexity index is 1130. The number of ether oxygens (including phenoxy) is 2. The molecule has 0 aromatic heterocycles. The Hall–Kier alpha value is -2.40. The largest absolute Gasteiger partial charge is 0.490 e. The lowest BCUT2D eigenvalue weighted by Crippen LogP contribution is -2.48. The minimum absolute atomic E-state index is 0.0502. The van der Waals surface area contributed by atoms with E-state index in [-0.39, 0.29) is 24.1 Å². The number of hydrogen-bond donors (Lipinski definition) is 2. The number of benzene rings is 2. The topological polar surface area (TPSA) is 93.9 Å². The summed E-state index contributed by atoms with van der Waals surface area (Å²) in [5.74, 6) is 0.945. The van der Waals surface area contributed by atoms with Crippen molar-refractivity contribution in [2.45, 2.75) is 51.1 Å². The molecule has 1 saturated heterocycles. The second-order valence-electron chi connectivity index (χ2n) is 9.05. The van der Waals surface area contributed by atoms with Crippen molar-refractivity contribution in [3.63, 3.8) is 0 Å². The normalized spacial score (nSPS) is 23.1. The zero-order valence-electron chi connectivity index (χ0n) is 20.5. The number of primary amides is 1. The lowest BCUT2D eigenvalue weighted by Gasteiger charge is -2.39. The van der Waals surface area contributed by atoms with Gasteiger partial charge >= 0.3 is 0 Å². The summed E-state index contributed by atoms with van der Waals surface area (Å²) in [4.78, 5) is 27.7. The van der Waals surface area contributed by atoms with Crippen LogP contribution in [0.3, 0.4) is 0 Å². The Kier molecular flexibility index (Phi) is 9.05. The van der Waals surface area contributed by atoms with Crippen molar-refractivity contribution in [1.82, 2.24) is 4.90 Å². The first-order chi connectivity index (χ1) is 17.4. The molecule has 1 unspecified atom stereocenters.